The van der Waals surface area contributed by atoms with Crippen molar-refractivity contribution < 1.29 is 4.79 Å². The molecule has 2 heterocycles. The summed E-state index contributed by atoms with van der Waals surface area (Å²) in [6, 6.07) is 0. The highest BCUT2D eigenvalue weighted by molar-refractivity contribution is 5.93. The van der Waals surface area contributed by atoms with Gasteiger partial charge in [-0.3, -0.25) is 9.48 Å². The molecule has 2 N–H and O–H groups in total. The highest BCUT2D eigenvalue weighted by Crippen LogP contribution is 2.14. The van der Waals surface area contributed by atoms with Crippen LogP contribution in [-0.2, 0) is 11.8 Å². The first-order chi connectivity index (χ1) is 6.66. The van der Waals surface area contributed by atoms with Gasteiger partial charge in [0.1, 0.15) is 0 Å². The van der Waals surface area contributed by atoms with E-state index in [0.717, 1.165) is 24.5 Å². The van der Waals surface area contributed by atoms with Crippen molar-refractivity contribution in [3.8, 4) is 0 Å². The number of nitrogens with zero attached hydrogens (tertiary/aromatic N) is 2. The molecule has 0 spiro atoms. The molecule has 1 aliphatic heterocycles. The van der Waals surface area contributed by atoms with Gasteiger partial charge >= 0.3 is 0 Å². The van der Waals surface area contributed by atoms with E-state index >= 15 is 0 Å². The summed E-state index contributed by atoms with van der Waals surface area (Å²) in [6.07, 6.45) is 1.82. The SMILES string of the molecule is Cc1nn(C)cc1NC(=O)C1CNC1. The monoisotopic (exact) mass is 194 g/mol. The topological polar surface area (TPSA) is 59.0 Å². The lowest BCUT2D eigenvalue weighted by atomic mass is 10.0. The highest BCUT2D eigenvalue weighted by atomic mass is 16.2. The van der Waals surface area contributed by atoms with Crippen molar-refractivity contribution in [3.63, 3.8) is 0 Å². The van der Waals surface area contributed by atoms with E-state index in [1.54, 1.807) is 4.68 Å². The first-order valence-corrected chi connectivity index (χ1v) is 4.68. The first-order valence-electron chi connectivity index (χ1n) is 4.68. The maximum absolute atomic E-state index is 11.6. The van der Waals surface area contributed by atoms with Gasteiger partial charge in [-0.2, -0.15) is 5.10 Å². The van der Waals surface area contributed by atoms with E-state index in [1.807, 2.05) is 20.2 Å². The first kappa shape index (κ1) is 9.21. The van der Waals surface area contributed by atoms with Crippen LogP contribution in [0.3, 0.4) is 0 Å². The number of amides is 1. The molecule has 0 atom stereocenters. The van der Waals surface area contributed by atoms with Gasteiger partial charge in [0, 0.05) is 26.3 Å². The molecule has 1 aliphatic rings. The molecule has 2 rings (SSSR count). The van der Waals surface area contributed by atoms with Crippen LogP contribution < -0.4 is 10.6 Å². The third kappa shape index (κ3) is 1.63. The largest absolute Gasteiger partial charge is 0.323 e. The van der Waals surface area contributed by atoms with Crippen molar-refractivity contribution in [1.82, 2.24) is 15.1 Å². The second-order valence-electron chi connectivity index (χ2n) is 3.65. The summed E-state index contributed by atoms with van der Waals surface area (Å²) in [5.41, 5.74) is 1.66. The Labute approximate surface area is 82.5 Å². The van der Waals surface area contributed by atoms with Gasteiger partial charge < -0.3 is 10.6 Å². The number of aromatic nitrogens is 2. The van der Waals surface area contributed by atoms with Crippen LogP contribution in [0.25, 0.3) is 0 Å². The molecule has 1 saturated heterocycles. The van der Waals surface area contributed by atoms with E-state index in [-0.39, 0.29) is 11.8 Å². The number of rotatable bonds is 2. The number of hydrogen-bond acceptors (Lipinski definition) is 3. The molecule has 1 aromatic rings. The summed E-state index contributed by atoms with van der Waals surface area (Å²) < 4.78 is 1.70. The Morgan fingerprint density at radius 1 is 1.71 bits per heavy atom. The van der Waals surface area contributed by atoms with Gasteiger partial charge in [0.25, 0.3) is 0 Å². The Bertz CT molecular complexity index is 354. The lowest BCUT2D eigenvalue weighted by Crippen LogP contribution is -2.48. The van der Waals surface area contributed by atoms with E-state index in [0.29, 0.717) is 0 Å². The van der Waals surface area contributed by atoms with E-state index in [9.17, 15) is 4.79 Å². The molecule has 76 valence electrons. The van der Waals surface area contributed by atoms with Crippen molar-refractivity contribution in [1.29, 1.82) is 0 Å². The van der Waals surface area contributed by atoms with Gasteiger partial charge in [-0.15, -0.1) is 0 Å². The Hall–Kier alpha value is -1.36. The van der Waals surface area contributed by atoms with Crippen LogP contribution in [0.1, 0.15) is 5.69 Å². The molecule has 14 heavy (non-hydrogen) atoms. The van der Waals surface area contributed by atoms with Crippen molar-refractivity contribution in [2.24, 2.45) is 13.0 Å². The van der Waals surface area contributed by atoms with Crippen molar-refractivity contribution >= 4 is 11.6 Å². The van der Waals surface area contributed by atoms with Crippen LogP contribution in [0.4, 0.5) is 5.69 Å². The second kappa shape index (κ2) is 3.42. The molecule has 0 radical (unpaired) electrons. The minimum atomic E-state index is 0.0832. The summed E-state index contributed by atoms with van der Waals surface area (Å²) in [4.78, 5) is 11.6. The van der Waals surface area contributed by atoms with Gasteiger partial charge in [-0.25, -0.2) is 0 Å². The molecular weight excluding hydrogens is 180 g/mol. The predicted molar refractivity (Wildman–Crippen MR) is 52.9 cm³/mol. The molecule has 0 unspecified atom stereocenters. The van der Waals surface area contributed by atoms with Gasteiger partial charge in [-0.05, 0) is 6.92 Å². The van der Waals surface area contributed by atoms with Gasteiger partial charge in [0.05, 0.1) is 17.3 Å². The van der Waals surface area contributed by atoms with E-state index < -0.39 is 0 Å². The predicted octanol–water partition coefficient (Wildman–Crippen LogP) is -0.114. The van der Waals surface area contributed by atoms with Crippen LogP contribution in [-0.4, -0.2) is 28.8 Å². The zero-order chi connectivity index (χ0) is 10.1. The molecule has 1 amide bonds. The Morgan fingerprint density at radius 3 is 2.86 bits per heavy atom. The molecule has 1 aromatic heterocycles. The lowest BCUT2D eigenvalue weighted by molar-refractivity contribution is -0.121. The standard InChI is InChI=1S/C9H14N4O/c1-6-8(5-13(2)12-6)11-9(14)7-3-10-4-7/h5,7,10H,3-4H2,1-2H3,(H,11,14). The van der Waals surface area contributed by atoms with Crippen LogP contribution in [0.5, 0.6) is 0 Å². The third-order valence-corrected chi connectivity index (χ3v) is 2.42. The minimum Gasteiger partial charge on any atom is -0.323 e. The highest BCUT2D eigenvalue weighted by Gasteiger charge is 2.25. The van der Waals surface area contributed by atoms with E-state index in [1.165, 1.54) is 0 Å². The zero-order valence-corrected chi connectivity index (χ0v) is 8.37. The van der Waals surface area contributed by atoms with Crippen LogP contribution in [0.2, 0.25) is 0 Å². The number of aryl methyl sites for hydroxylation is 2. The summed E-state index contributed by atoms with van der Waals surface area (Å²) >= 11 is 0. The molecule has 1 fully saturated rings. The van der Waals surface area contributed by atoms with Crippen LogP contribution in [0.15, 0.2) is 6.20 Å². The number of carbonyl (C=O) groups is 1. The van der Waals surface area contributed by atoms with Gasteiger partial charge in [-0.1, -0.05) is 0 Å². The molecule has 0 aromatic carbocycles. The zero-order valence-electron chi connectivity index (χ0n) is 8.37. The molecule has 5 heteroatoms. The van der Waals surface area contributed by atoms with Crippen molar-refractivity contribution in [2.45, 2.75) is 6.92 Å². The average molecular weight is 194 g/mol. The maximum atomic E-state index is 11.6. The molecule has 0 bridgehead atoms. The minimum absolute atomic E-state index is 0.0832. The Morgan fingerprint density at radius 2 is 2.43 bits per heavy atom. The molecule has 5 nitrogen and oxygen atoms in total. The van der Waals surface area contributed by atoms with Crippen LogP contribution in [0, 0.1) is 12.8 Å². The number of carbonyl (C=O) groups excluding carboxylic acids is 1. The molecule has 0 aliphatic carbocycles. The van der Waals surface area contributed by atoms with Crippen molar-refractivity contribution in [3.05, 3.63) is 11.9 Å². The molecular formula is C9H14N4O. The fourth-order valence-electron chi connectivity index (χ4n) is 1.43. The second-order valence-corrected chi connectivity index (χ2v) is 3.65. The number of hydrogen-bond donors (Lipinski definition) is 2. The van der Waals surface area contributed by atoms with Gasteiger partial charge in [0.15, 0.2) is 0 Å². The Kier molecular flexibility index (Phi) is 2.25. The summed E-state index contributed by atoms with van der Waals surface area (Å²) in [5.74, 6) is 0.203. The lowest BCUT2D eigenvalue weighted by Gasteiger charge is -2.25. The van der Waals surface area contributed by atoms with E-state index in [4.69, 9.17) is 0 Å². The van der Waals surface area contributed by atoms with E-state index in [2.05, 4.69) is 15.7 Å². The fourth-order valence-corrected chi connectivity index (χ4v) is 1.43. The quantitative estimate of drug-likeness (QED) is 0.690. The summed E-state index contributed by atoms with van der Waals surface area (Å²) in [7, 11) is 1.84. The Balaban J connectivity index is 2.02. The molecule has 0 saturated carbocycles. The average Bonchev–Trinajstić information content (AvgIpc) is 2.26. The maximum Gasteiger partial charge on any atom is 0.230 e. The number of anilines is 1. The van der Waals surface area contributed by atoms with Gasteiger partial charge in [0.2, 0.25) is 5.91 Å². The smallest absolute Gasteiger partial charge is 0.230 e. The normalized spacial score (nSPS) is 16.4. The summed E-state index contributed by atoms with van der Waals surface area (Å²) in [5, 5.41) is 10.1. The summed E-state index contributed by atoms with van der Waals surface area (Å²) in [6.45, 7) is 3.45. The number of nitrogens with one attached hydrogen (secondary N) is 2. The van der Waals surface area contributed by atoms with Crippen molar-refractivity contribution in [2.75, 3.05) is 18.4 Å². The fraction of sp³-hybridized carbons (Fsp3) is 0.556. The van der Waals surface area contributed by atoms with Crippen LogP contribution >= 0.6 is 0 Å². The third-order valence-electron chi connectivity index (χ3n) is 2.42.